The van der Waals surface area contributed by atoms with Gasteiger partial charge in [-0.15, -0.1) is 4.52 Å². The number of nitrogens with two attached hydrogens (primary N) is 1. The summed E-state index contributed by atoms with van der Waals surface area (Å²) in [5.41, 5.74) is 4.89. The zero-order valence-electron chi connectivity index (χ0n) is 7.41. The Labute approximate surface area is 76.0 Å². The van der Waals surface area contributed by atoms with Gasteiger partial charge in [0.05, 0.1) is 13.2 Å². The molecule has 0 spiro atoms. The normalized spacial score (nSPS) is 20.4. The summed E-state index contributed by atoms with van der Waals surface area (Å²) < 4.78 is 37.4. The Morgan fingerprint density at radius 3 is 2.15 bits per heavy atom. The zero-order valence-corrected chi connectivity index (χ0v) is 9.19. The van der Waals surface area contributed by atoms with Gasteiger partial charge in [0.1, 0.15) is 0 Å². The van der Waals surface area contributed by atoms with Crippen LogP contribution in [0.1, 0.15) is 13.8 Å². The van der Waals surface area contributed by atoms with Gasteiger partial charge in [-0.05, 0) is 13.8 Å². The Hall–Kier alpha value is 0.200. The van der Waals surface area contributed by atoms with E-state index in [4.69, 9.17) is 10.7 Å². The van der Waals surface area contributed by atoms with Gasteiger partial charge in [0, 0.05) is 0 Å². The Bertz CT molecular complexity index is 254. The molecule has 0 rings (SSSR count). The highest BCUT2D eigenvalue weighted by Crippen LogP contribution is 2.61. The van der Waals surface area contributed by atoms with Gasteiger partial charge in [0.15, 0.2) is 0 Å². The van der Waals surface area contributed by atoms with Crippen LogP contribution in [0.15, 0.2) is 4.52 Å². The lowest BCUT2D eigenvalue weighted by molar-refractivity contribution is 0.336. The van der Waals surface area contributed by atoms with E-state index in [0.717, 1.165) is 0 Å². The van der Waals surface area contributed by atoms with Gasteiger partial charge in [0.2, 0.25) is 0 Å². The maximum Gasteiger partial charge on any atom is 0.375 e. The molecule has 0 saturated heterocycles. The van der Waals surface area contributed by atoms with Crippen LogP contribution in [-0.2, 0) is 9.05 Å². The minimum Gasteiger partial charge on any atom is -0.309 e. The van der Waals surface area contributed by atoms with Crippen molar-refractivity contribution in [1.29, 1.82) is 5.16 Å². The maximum absolute atomic E-state index is 13.0. The molecule has 0 aliphatic heterocycles. The standard InChI is InChI=1S/C4H13F2N3O2P2/c1-3-10-12(5,7)9-13(6,8)11-4-2/h7H,3-4,8H2,1-2H3. The van der Waals surface area contributed by atoms with E-state index >= 15 is 0 Å². The van der Waals surface area contributed by atoms with E-state index in [2.05, 4.69) is 13.6 Å². The van der Waals surface area contributed by atoms with E-state index < -0.39 is 15.5 Å². The van der Waals surface area contributed by atoms with Crippen molar-refractivity contribution in [2.45, 2.75) is 13.8 Å². The Morgan fingerprint density at radius 1 is 1.31 bits per heavy atom. The smallest absolute Gasteiger partial charge is 0.309 e. The monoisotopic (exact) mass is 235 g/mol. The van der Waals surface area contributed by atoms with Crippen molar-refractivity contribution in [3.05, 3.63) is 0 Å². The number of halogens is 2. The van der Waals surface area contributed by atoms with Crippen LogP contribution in [0.4, 0.5) is 8.39 Å². The molecule has 5 nitrogen and oxygen atoms in total. The number of rotatable bonds is 5. The van der Waals surface area contributed by atoms with Crippen LogP contribution in [0.5, 0.6) is 0 Å². The molecule has 0 amide bonds. The molecule has 0 saturated carbocycles. The molecule has 0 aliphatic carbocycles. The Morgan fingerprint density at radius 2 is 1.77 bits per heavy atom. The molecule has 13 heavy (non-hydrogen) atoms. The first-order valence-corrected chi connectivity index (χ1v) is 6.75. The zero-order chi connectivity index (χ0) is 10.5. The first-order chi connectivity index (χ1) is 5.83. The van der Waals surface area contributed by atoms with Crippen LogP contribution >= 0.6 is 15.5 Å². The van der Waals surface area contributed by atoms with Gasteiger partial charge >= 0.3 is 15.5 Å². The minimum absolute atomic E-state index is 0.0175. The van der Waals surface area contributed by atoms with Crippen molar-refractivity contribution in [3.63, 3.8) is 0 Å². The largest absolute Gasteiger partial charge is 0.375 e. The second-order valence-corrected chi connectivity index (χ2v) is 5.30. The molecule has 2 unspecified atom stereocenters. The fraction of sp³-hybridized carbons (Fsp3) is 1.00. The third kappa shape index (κ3) is 6.29. The van der Waals surface area contributed by atoms with E-state index in [1.54, 1.807) is 0 Å². The summed E-state index contributed by atoms with van der Waals surface area (Å²) >= 11 is 0. The van der Waals surface area contributed by atoms with E-state index in [-0.39, 0.29) is 13.2 Å². The predicted octanol–water partition coefficient (Wildman–Crippen LogP) is 3.43. The molecule has 0 aromatic rings. The van der Waals surface area contributed by atoms with Gasteiger partial charge in [-0.3, -0.25) is 0 Å². The lowest BCUT2D eigenvalue weighted by Gasteiger charge is -2.12. The molecule has 0 bridgehead atoms. The summed E-state index contributed by atoms with van der Waals surface area (Å²) in [5.74, 6) is 0. The van der Waals surface area contributed by atoms with Crippen molar-refractivity contribution in [3.8, 4) is 0 Å². The molecule has 0 heterocycles. The number of nitrogens with zero attached hydrogens (tertiary/aromatic N) is 1. The van der Waals surface area contributed by atoms with E-state index in [0.29, 0.717) is 0 Å². The van der Waals surface area contributed by atoms with Gasteiger partial charge in [-0.1, -0.05) is 0 Å². The molecular weight excluding hydrogens is 222 g/mol. The first kappa shape index (κ1) is 13.2. The highest BCUT2D eigenvalue weighted by Gasteiger charge is 2.22. The molecule has 0 radical (unpaired) electrons. The van der Waals surface area contributed by atoms with Crippen molar-refractivity contribution in [2.24, 2.45) is 10.0 Å². The molecule has 3 N–H and O–H groups in total. The lowest BCUT2D eigenvalue weighted by Crippen LogP contribution is -1.94. The summed E-state index contributed by atoms with van der Waals surface area (Å²) in [6.07, 6.45) is 0. The maximum atomic E-state index is 13.0. The van der Waals surface area contributed by atoms with Gasteiger partial charge in [-0.25, -0.2) is 10.7 Å². The van der Waals surface area contributed by atoms with Crippen LogP contribution in [0.3, 0.4) is 0 Å². The summed E-state index contributed by atoms with van der Waals surface area (Å²) in [6, 6.07) is 0. The number of hydrogen-bond donors (Lipinski definition) is 2. The van der Waals surface area contributed by atoms with E-state index in [1.807, 2.05) is 0 Å². The lowest BCUT2D eigenvalue weighted by atomic mass is 10.9. The van der Waals surface area contributed by atoms with Gasteiger partial charge in [0.25, 0.3) is 0 Å². The molecule has 0 aliphatic rings. The first-order valence-electron chi connectivity index (χ1n) is 3.58. The van der Waals surface area contributed by atoms with Gasteiger partial charge < -0.3 is 9.05 Å². The highest BCUT2D eigenvalue weighted by molar-refractivity contribution is 7.65. The summed E-state index contributed by atoms with van der Waals surface area (Å²) in [4.78, 5) is 0. The number of nitrogens with one attached hydrogen (secondary N) is 1. The summed E-state index contributed by atoms with van der Waals surface area (Å²) in [7, 11) is -8.40. The predicted molar refractivity (Wildman–Crippen MR) is 48.6 cm³/mol. The van der Waals surface area contributed by atoms with Crippen molar-refractivity contribution < 1.29 is 17.4 Å². The Balaban J connectivity index is 4.60. The fourth-order valence-electron chi connectivity index (χ4n) is 0.561. The van der Waals surface area contributed by atoms with Crippen molar-refractivity contribution in [2.75, 3.05) is 13.2 Å². The molecule has 2 atom stereocenters. The minimum atomic E-state index is -4.29. The van der Waals surface area contributed by atoms with E-state index in [1.165, 1.54) is 13.8 Å². The van der Waals surface area contributed by atoms with Crippen LogP contribution in [0, 0.1) is 5.16 Å². The topological polar surface area (TPSA) is 80.7 Å². The van der Waals surface area contributed by atoms with Crippen molar-refractivity contribution >= 4 is 15.5 Å². The quantitative estimate of drug-likeness (QED) is 0.716. The molecule has 0 fully saturated rings. The SMILES string of the molecule is CCOP(=N)(F)N=P(N)(F)OCC. The second kappa shape index (κ2) is 5.17. The average molecular weight is 235 g/mol. The molecule has 9 heteroatoms. The van der Waals surface area contributed by atoms with Crippen LogP contribution in [0.2, 0.25) is 0 Å². The molecule has 80 valence electrons. The second-order valence-electron chi connectivity index (χ2n) is 1.97. The number of hydrogen-bond acceptors (Lipinski definition) is 3. The van der Waals surface area contributed by atoms with Crippen molar-refractivity contribution in [1.82, 2.24) is 0 Å². The fourth-order valence-corrected chi connectivity index (χ4v) is 2.93. The Kier molecular flexibility index (Phi) is 5.25. The average Bonchev–Trinajstić information content (AvgIpc) is 1.82. The third-order valence-corrected chi connectivity index (χ3v) is 3.96. The summed E-state index contributed by atoms with van der Waals surface area (Å²) in [5, 5.41) is 6.84. The van der Waals surface area contributed by atoms with Crippen LogP contribution in [0.25, 0.3) is 0 Å². The van der Waals surface area contributed by atoms with Crippen LogP contribution in [-0.4, -0.2) is 13.2 Å². The highest BCUT2D eigenvalue weighted by atomic mass is 31.3. The summed E-state index contributed by atoms with van der Waals surface area (Å²) in [6.45, 7) is 2.91. The molecule has 0 aromatic carbocycles. The van der Waals surface area contributed by atoms with E-state index in [9.17, 15) is 8.39 Å². The molecule has 0 aromatic heterocycles. The molecular formula is C4H13F2N3O2P2. The van der Waals surface area contributed by atoms with Gasteiger partial charge in [-0.2, -0.15) is 8.39 Å². The van der Waals surface area contributed by atoms with Crippen LogP contribution < -0.4 is 5.50 Å². The third-order valence-electron chi connectivity index (χ3n) is 0.847.